The molecule has 4 aromatic rings. The number of methoxy groups -OCH3 is 1. The lowest BCUT2D eigenvalue weighted by molar-refractivity contribution is 0.190. The number of rotatable bonds is 6. The lowest BCUT2D eigenvalue weighted by Gasteiger charge is -2.12. The van der Waals surface area contributed by atoms with Gasteiger partial charge in [-0.25, -0.2) is 14.5 Å². The predicted molar refractivity (Wildman–Crippen MR) is 103 cm³/mol. The molecule has 1 aliphatic carbocycles. The topological polar surface area (TPSA) is 93.0 Å². The highest BCUT2D eigenvalue weighted by atomic mass is 16.5. The number of nitrogens with zero attached hydrogens (tertiary/aromatic N) is 5. The highest BCUT2D eigenvalue weighted by Crippen LogP contribution is 2.41. The van der Waals surface area contributed by atoms with Crippen molar-refractivity contribution in [1.82, 2.24) is 29.5 Å². The fraction of sp³-hybridized carbons (Fsp3) is 0.368. The largest absolute Gasteiger partial charge is 0.383 e. The Kier molecular flexibility index (Phi) is 3.78. The van der Waals surface area contributed by atoms with Crippen molar-refractivity contribution in [3.63, 3.8) is 0 Å². The zero-order valence-electron chi connectivity index (χ0n) is 15.3. The molecule has 0 spiro atoms. The van der Waals surface area contributed by atoms with Gasteiger partial charge >= 0.3 is 0 Å². The van der Waals surface area contributed by atoms with Crippen LogP contribution in [0.15, 0.2) is 30.9 Å². The minimum atomic E-state index is 0.133. The smallest absolute Gasteiger partial charge is 0.224 e. The Morgan fingerprint density at radius 3 is 3.04 bits per heavy atom. The van der Waals surface area contributed by atoms with Crippen molar-refractivity contribution in [3.05, 3.63) is 36.4 Å². The number of H-pyrrole nitrogens is 1. The molecule has 1 saturated carbocycles. The van der Waals surface area contributed by atoms with Crippen LogP contribution in [0.25, 0.3) is 27.9 Å². The van der Waals surface area contributed by atoms with Crippen LogP contribution in [0.5, 0.6) is 0 Å². The Morgan fingerprint density at radius 1 is 1.33 bits per heavy atom. The molecule has 1 fully saturated rings. The van der Waals surface area contributed by atoms with Crippen molar-refractivity contribution in [2.75, 3.05) is 19.0 Å². The maximum atomic E-state index is 5.14. The molecule has 0 amide bonds. The van der Waals surface area contributed by atoms with Gasteiger partial charge in [-0.3, -0.25) is 0 Å². The molecule has 1 aliphatic rings. The maximum absolute atomic E-state index is 5.14. The summed E-state index contributed by atoms with van der Waals surface area (Å²) in [6.45, 7) is 2.62. The predicted octanol–water partition coefficient (Wildman–Crippen LogP) is 2.99. The summed E-state index contributed by atoms with van der Waals surface area (Å²) in [5.74, 6) is 1.19. The lowest BCUT2D eigenvalue weighted by atomic mass is 10.1. The van der Waals surface area contributed by atoms with Crippen molar-refractivity contribution < 1.29 is 4.74 Å². The van der Waals surface area contributed by atoms with E-state index in [1.165, 1.54) is 18.4 Å². The highest BCUT2D eigenvalue weighted by Gasteiger charge is 2.27. The van der Waals surface area contributed by atoms with Crippen LogP contribution < -0.4 is 5.32 Å². The van der Waals surface area contributed by atoms with Gasteiger partial charge in [0.05, 0.1) is 18.5 Å². The van der Waals surface area contributed by atoms with E-state index in [4.69, 9.17) is 9.72 Å². The highest BCUT2D eigenvalue weighted by molar-refractivity contribution is 5.92. The van der Waals surface area contributed by atoms with Crippen LogP contribution in [-0.4, -0.2) is 49.3 Å². The summed E-state index contributed by atoms with van der Waals surface area (Å²) >= 11 is 0. The second-order valence-corrected chi connectivity index (χ2v) is 7.11. The Balaban J connectivity index is 1.51. The van der Waals surface area contributed by atoms with Gasteiger partial charge in [0.25, 0.3) is 0 Å². The minimum Gasteiger partial charge on any atom is -0.383 e. The monoisotopic (exact) mass is 363 g/mol. The number of nitrogens with one attached hydrogen (secondary N) is 2. The molecule has 8 heteroatoms. The quantitative estimate of drug-likeness (QED) is 0.547. The summed E-state index contributed by atoms with van der Waals surface area (Å²) in [4.78, 5) is 17.1. The summed E-state index contributed by atoms with van der Waals surface area (Å²) in [7, 11) is 1.68. The SMILES string of the molecule is COCC(C)Nc1ncc2c(-c3ccn4ncc(C5CC5)c4n3)c[nH]c2n1. The zero-order valence-corrected chi connectivity index (χ0v) is 15.3. The van der Waals surface area contributed by atoms with Crippen molar-refractivity contribution in [2.24, 2.45) is 0 Å². The van der Waals surface area contributed by atoms with Crippen molar-refractivity contribution >= 4 is 22.6 Å². The van der Waals surface area contributed by atoms with Gasteiger partial charge < -0.3 is 15.0 Å². The number of aromatic nitrogens is 6. The van der Waals surface area contributed by atoms with Crippen LogP contribution in [0.1, 0.15) is 31.2 Å². The number of hydrogen-bond donors (Lipinski definition) is 2. The molecular weight excluding hydrogens is 342 g/mol. The van der Waals surface area contributed by atoms with E-state index < -0.39 is 0 Å². The van der Waals surface area contributed by atoms with Gasteiger partial charge in [-0.2, -0.15) is 10.1 Å². The molecule has 138 valence electrons. The molecular formula is C19H21N7O. The fourth-order valence-electron chi connectivity index (χ4n) is 3.42. The molecule has 4 aromatic heterocycles. The molecule has 0 saturated heterocycles. The number of hydrogen-bond acceptors (Lipinski definition) is 6. The minimum absolute atomic E-state index is 0.133. The van der Waals surface area contributed by atoms with E-state index in [2.05, 4.69) is 25.4 Å². The normalized spacial score (nSPS) is 15.5. The fourth-order valence-corrected chi connectivity index (χ4v) is 3.42. The third-order valence-corrected chi connectivity index (χ3v) is 4.91. The average molecular weight is 363 g/mol. The van der Waals surface area contributed by atoms with Gasteiger partial charge in [0.15, 0.2) is 5.65 Å². The Bertz CT molecular complexity index is 1110. The van der Waals surface area contributed by atoms with Crippen LogP contribution in [0.2, 0.25) is 0 Å². The molecule has 1 unspecified atom stereocenters. The van der Waals surface area contributed by atoms with Gasteiger partial charge in [-0.1, -0.05) is 0 Å². The molecule has 4 heterocycles. The summed E-state index contributed by atoms with van der Waals surface area (Å²) in [5, 5.41) is 8.61. The van der Waals surface area contributed by atoms with E-state index in [-0.39, 0.29) is 6.04 Å². The lowest BCUT2D eigenvalue weighted by Crippen LogP contribution is -2.22. The number of ether oxygens (including phenoxy) is 1. The van der Waals surface area contributed by atoms with Crippen molar-refractivity contribution in [2.45, 2.75) is 31.7 Å². The van der Waals surface area contributed by atoms with E-state index >= 15 is 0 Å². The summed E-state index contributed by atoms with van der Waals surface area (Å²) in [6.07, 6.45) is 10.1. The summed E-state index contributed by atoms with van der Waals surface area (Å²) in [6, 6.07) is 2.11. The van der Waals surface area contributed by atoms with Crippen molar-refractivity contribution in [3.8, 4) is 11.3 Å². The standard InChI is InChI=1S/C19H21N7O/c1-11(10-27-2)23-19-21-8-15-14(7-20-17(15)25-19)16-5-6-26-18(24-16)13(9-22-26)12-3-4-12/h5-9,11-12H,3-4,10H2,1-2H3,(H2,20,21,23,25). The molecule has 2 N–H and O–H groups in total. The van der Waals surface area contributed by atoms with Crippen LogP contribution in [-0.2, 0) is 4.74 Å². The molecule has 0 bridgehead atoms. The molecule has 5 rings (SSSR count). The molecule has 8 nitrogen and oxygen atoms in total. The van der Waals surface area contributed by atoms with Crippen LogP contribution >= 0.6 is 0 Å². The second kappa shape index (κ2) is 6.31. The first-order chi connectivity index (χ1) is 13.2. The van der Waals surface area contributed by atoms with Crippen LogP contribution in [0.3, 0.4) is 0 Å². The van der Waals surface area contributed by atoms with E-state index in [0.29, 0.717) is 18.5 Å². The average Bonchev–Trinajstić information content (AvgIpc) is 3.28. The summed E-state index contributed by atoms with van der Waals surface area (Å²) < 4.78 is 6.99. The van der Waals surface area contributed by atoms with Gasteiger partial charge in [-0.15, -0.1) is 0 Å². The van der Waals surface area contributed by atoms with Gasteiger partial charge in [0, 0.05) is 48.3 Å². The van der Waals surface area contributed by atoms with Crippen molar-refractivity contribution in [1.29, 1.82) is 0 Å². The first kappa shape index (κ1) is 16.2. The molecule has 1 atom stereocenters. The Morgan fingerprint density at radius 2 is 2.22 bits per heavy atom. The van der Waals surface area contributed by atoms with Crippen LogP contribution in [0, 0.1) is 0 Å². The van der Waals surface area contributed by atoms with Gasteiger partial charge in [0.2, 0.25) is 5.95 Å². The first-order valence-corrected chi connectivity index (χ1v) is 9.17. The number of fused-ring (bicyclic) bond motifs is 2. The molecule has 27 heavy (non-hydrogen) atoms. The van der Waals surface area contributed by atoms with E-state index in [0.717, 1.165) is 27.9 Å². The number of aromatic amines is 1. The first-order valence-electron chi connectivity index (χ1n) is 9.17. The second-order valence-electron chi connectivity index (χ2n) is 7.11. The Hall–Kier alpha value is -3.00. The molecule has 0 radical (unpaired) electrons. The molecule has 0 aromatic carbocycles. The van der Waals surface area contributed by atoms with Gasteiger partial charge in [-0.05, 0) is 31.7 Å². The zero-order chi connectivity index (χ0) is 18.4. The van der Waals surface area contributed by atoms with E-state index in [9.17, 15) is 0 Å². The third-order valence-electron chi connectivity index (χ3n) is 4.91. The summed E-state index contributed by atoms with van der Waals surface area (Å²) in [5.41, 5.74) is 4.85. The van der Waals surface area contributed by atoms with Crippen LogP contribution in [0.4, 0.5) is 5.95 Å². The number of anilines is 1. The maximum Gasteiger partial charge on any atom is 0.224 e. The molecule has 0 aliphatic heterocycles. The van der Waals surface area contributed by atoms with E-state index in [1.54, 1.807) is 7.11 Å². The van der Waals surface area contributed by atoms with E-state index in [1.807, 2.05) is 42.3 Å². The third kappa shape index (κ3) is 2.91. The Labute approximate surface area is 156 Å². The van der Waals surface area contributed by atoms with Gasteiger partial charge in [0.1, 0.15) is 5.65 Å².